The van der Waals surface area contributed by atoms with E-state index in [1.54, 1.807) is 0 Å². The van der Waals surface area contributed by atoms with Crippen LogP contribution in [-0.2, 0) is 29.7 Å². The quantitative estimate of drug-likeness (QED) is 0.198. The fraction of sp³-hybridized carbons (Fsp3) is 0.321. The van der Waals surface area contributed by atoms with E-state index in [2.05, 4.69) is 114 Å². The molecule has 0 heterocycles. The first-order chi connectivity index (χ1) is 14.4. The van der Waals surface area contributed by atoms with Gasteiger partial charge in [-0.3, -0.25) is 0 Å². The van der Waals surface area contributed by atoms with E-state index in [4.69, 9.17) is 17.0 Å². The van der Waals surface area contributed by atoms with Crippen LogP contribution >= 0.6 is 17.0 Å². The number of benzene rings is 2. The molecule has 0 aliphatic carbocycles. The maximum absolute atomic E-state index is 5.37. The third kappa shape index (κ3) is 8.12. The summed E-state index contributed by atoms with van der Waals surface area (Å²) in [6.07, 6.45) is 0. The van der Waals surface area contributed by atoms with E-state index >= 15 is 0 Å². The van der Waals surface area contributed by atoms with Crippen molar-refractivity contribution in [2.24, 2.45) is 0 Å². The van der Waals surface area contributed by atoms with E-state index in [0.29, 0.717) is 0 Å². The van der Waals surface area contributed by atoms with Crippen LogP contribution in [0.5, 0.6) is 0 Å². The molecule has 0 N–H and O–H groups in total. The van der Waals surface area contributed by atoms with Crippen molar-refractivity contribution in [2.75, 3.05) is 0 Å². The number of halogens is 2. The molecule has 0 nitrogen and oxygen atoms in total. The van der Waals surface area contributed by atoms with Crippen molar-refractivity contribution in [1.82, 2.24) is 0 Å². The van der Waals surface area contributed by atoms with Crippen LogP contribution in [0.4, 0.5) is 0 Å². The molecular formula is C28H34Cl2Zr-2. The van der Waals surface area contributed by atoms with E-state index in [0.717, 1.165) is 0 Å². The Hall–Kier alpha value is -1.01. The first kappa shape index (κ1) is 26.2. The van der Waals surface area contributed by atoms with Crippen molar-refractivity contribution in [1.29, 1.82) is 0 Å². The minimum atomic E-state index is -1.76. The molecule has 0 atom stereocenters. The number of fused-ring (bicyclic) bond motifs is 2. The van der Waals surface area contributed by atoms with Crippen molar-refractivity contribution in [2.45, 2.75) is 59.3 Å². The molecule has 0 spiro atoms. The molecule has 0 fully saturated rings. The van der Waals surface area contributed by atoms with Crippen LogP contribution in [-0.4, -0.2) is 3.71 Å². The number of hydrogen-bond acceptors (Lipinski definition) is 0. The van der Waals surface area contributed by atoms with E-state index in [-0.39, 0.29) is 10.8 Å². The van der Waals surface area contributed by atoms with Gasteiger partial charge in [-0.25, -0.2) is 0 Å². The first-order valence-electron chi connectivity index (χ1n) is 10.7. The Morgan fingerprint density at radius 2 is 1.00 bits per heavy atom. The molecule has 0 aromatic heterocycles. The Kier molecular flexibility index (Phi) is 9.50. The van der Waals surface area contributed by atoms with Gasteiger partial charge in [-0.1, -0.05) is 53.7 Å². The summed E-state index contributed by atoms with van der Waals surface area (Å²) in [5.74, 6) is 0. The molecule has 4 aromatic rings. The fourth-order valence-corrected chi connectivity index (χ4v) is 3.17. The van der Waals surface area contributed by atoms with Gasteiger partial charge in [0, 0.05) is 0 Å². The van der Waals surface area contributed by atoms with Gasteiger partial charge in [0.25, 0.3) is 0 Å². The van der Waals surface area contributed by atoms with Crippen molar-refractivity contribution >= 4 is 42.3 Å². The van der Waals surface area contributed by atoms with Gasteiger partial charge in [-0.15, -0.1) is 81.2 Å². The van der Waals surface area contributed by atoms with Gasteiger partial charge in [-0.05, 0) is 10.8 Å². The second-order valence-electron chi connectivity index (χ2n) is 9.82. The zero-order chi connectivity index (χ0) is 23.2. The van der Waals surface area contributed by atoms with Crippen molar-refractivity contribution in [3.63, 3.8) is 0 Å². The Bertz CT molecular complexity index is 977. The maximum atomic E-state index is 5.37. The summed E-state index contributed by atoms with van der Waals surface area (Å²) in [6.45, 7) is 15.4. The predicted octanol–water partition coefficient (Wildman–Crippen LogP) is 9.45. The number of hydrogen-bond donors (Lipinski definition) is 0. The zero-order valence-electron chi connectivity index (χ0n) is 19.8. The average Bonchev–Trinajstić information content (AvgIpc) is 3.33. The molecule has 3 heteroatoms. The average molecular weight is 533 g/mol. The Balaban J connectivity index is 0.000000182. The Morgan fingerprint density at radius 3 is 1.26 bits per heavy atom. The van der Waals surface area contributed by atoms with Gasteiger partial charge in [-0.2, -0.15) is 12.1 Å². The van der Waals surface area contributed by atoms with Gasteiger partial charge in [0.15, 0.2) is 0 Å². The monoisotopic (exact) mass is 530 g/mol. The molecule has 4 aromatic carbocycles. The summed E-state index contributed by atoms with van der Waals surface area (Å²) >= 11 is -1.76. The summed E-state index contributed by atoms with van der Waals surface area (Å²) in [7, 11) is 10.7. The number of rotatable bonds is 0. The zero-order valence-corrected chi connectivity index (χ0v) is 23.7. The van der Waals surface area contributed by atoms with Crippen LogP contribution < -0.4 is 0 Å². The van der Waals surface area contributed by atoms with Crippen LogP contribution in [0.25, 0.3) is 21.5 Å². The van der Waals surface area contributed by atoms with Gasteiger partial charge < -0.3 is 0 Å². The Morgan fingerprint density at radius 1 is 0.677 bits per heavy atom. The van der Waals surface area contributed by atoms with Crippen LogP contribution in [0.2, 0.25) is 0 Å². The van der Waals surface area contributed by atoms with Crippen molar-refractivity contribution in [3.05, 3.63) is 83.9 Å². The first-order valence-corrected chi connectivity index (χ1v) is 18.5. The predicted molar refractivity (Wildman–Crippen MR) is 140 cm³/mol. The van der Waals surface area contributed by atoms with Gasteiger partial charge in [0.05, 0.1) is 0 Å². The molecule has 166 valence electrons. The normalized spacial score (nSPS) is 11.4. The molecule has 0 aliphatic heterocycles. The molecule has 0 amide bonds. The third-order valence-corrected chi connectivity index (χ3v) is 8.84. The SMILES string of the molecule is CC(C)(C)c1cc2ccccc2[cH-]1.CC(C)(C)c1cc2ccccc2[cH-]1.C[CH]=[Zr]([Cl])[Cl]. The second-order valence-corrected chi connectivity index (χ2v) is 18.6. The molecule has 0 radical (unpaired) electrons. The standard InChI is InChI=1S/2C13H15.C2H4.2ClH.Zr/c2*1-13(2,3)12-8-10-6-4-5-7-11(10)9-12;1-2;;;/h2*4-9H,1-3H3;1H,2H3;2*1H;/q2*-1;;;;+2/p-2. The fourth-order valence-electron chi connectivity index (χ4n) is 3.17. The van der Waals surface area contributed by atoms with Crippen molar-refractivity contribution < 1.29 is 18.9 Å². The summed E-state index contributed by atoms with van der Waals surface area (Å²) < 4.78 is 1.89. The van der Waals surface area contributed by atoms with E-state index < -0.39 is 18.9 Å². The molecule has 0 saturated heterocycles. The molecule has 4 rings (SSSR count). The van der Waals surface area contributed by atoms with Gasteiger partial charge >= 0.3 is 46.5 Å². The summed E-state index contributed by atoms with van der Waals surface area (Å²) in [6, 6.07) is 26.2. The van der Waals surface area contributed by atoms with Gasteiger partial charge in [0.1, 0.15) is 0 Å². The second kappa shape index (κ2) is 11.2. The Labute approximate surface area is 203 Å². The molecule has 0 aliphatic rings. The van der Waals surface area contributed by atoms with Crippen LogP contribution in [0.3, 0.4) is 0 Å². The van der Waals surface area contributed by atoms with Crippen molar-refractivity contribution in [3.8, 4) is 0 Å². The summed E-state index contributed by atoms with van der Waals surface area (Å²) in [5.41, 5.74) is 3.38. The van der Waals surface area contributed by atoms with E-state index in [1.807, 2.05) is 10.6 Å². The van der Waals surface area contributed by atoms with Crippen LogP contribution in [0.15, 0.2) is 72.8 Å². The third-order valence-electron chi connectivity index (χ3n) is 5.19. The molecule has 0 saturated carbocycles. The topological polar surface area (TPSA) is 0 Å². The summed E-state index contributed by atoms with van der Waals surface area (Å²) in [5, 5.41) is 5.42. The molecule has 0 unspecified atom stereocenters. The van der Waals surface area contributed by atoms with E-state index in [9.17, 15) is 0 Å². The minimum absolute atomic E-state index is 0.263. The summed E-state index contributed by atoms with van der Waals surface area (Å²) in [4.78, 5) is 0. The molecule has 31 heavy (non-hydrogen) atoms. The van der Waals surface area contributed by atoms with Crippen LogP contribution in [0, 0.1) is 0 Å². The van der Waals surface area contributed by atoms with Gasteiger partial charge in [0.2, 0.25) is 0 Å². The van der Waals surface area contributed by atoms with Crippen LogP contribution in [0.1, 0.15) is 59.6 Å². The molecular weight excluding hydrogens is 498 g/mol. The molecule has 0 bridgehead atoms. The van der Waals surface area contributed by atoms with E-state index in [1.165, 1.54) is 32.7 Å².